The monoisotopic (exact) mass is 383 g/mol. The summed E-state index contributed by atoms with van der Waals surface area (Å²) in [6.07, 6.45) is 3.21. The highest BCUT2D eigenvalue weighted by Gasteiger charge is 2.07. The van der Waals surface area contributed by atoms with Crippen molar-refractivity contribution < 1.29 is 9.53 Å². The summed E-state index contributed by atoms with van der Waals surface area (Å²) in [6.45, 7) is 0. The highest BCUT2D eigenvalue weighted by Crippen LogP contribution is 2.28. The molecule has 3 aromatic rings. The lowest BCUT2D eigenvalue weighted by atomic mass is 10.2. The molecule has 132 valence electrons. The van der Waals surface area contributed by atoms with Gasteiger partial charge in [-0.2, -0.15) is 0 Å². The summed E-state index contributed by atoms with van der Waals surface area (Å²) in [7, 11) is 1.62. The number of hydrogen-bond donors (Lipinski definition) is 1. The maximum atomic E-state index is 12.0. The van der Waals surface area contributed by atoms with Crippen molar-refractivity contribution >= 4 is 40.2 Å². The topological polar surface area (TPSA) is 64.1 Å². The average Bonchev–Trinajstić information content (AvgIpc) is 3.13. The van der Waals surface area contributed by atoms with Gasteiger partial charge in [-0.1, -0.05) is 65.6 Å². The lowest BCUT2D eigenvalue weighted by Crippen LogP contribution is -2.07. The molecule has 0 unspecified atom stereocenters. The summed E-state index contributed by atoms with van der Waals surface area (Å²) in [5.74, 6) is 1.36. The number of hydrogen-bond acceptors (Lipinski definition) is 6. The van der Waals surface area contributed by atoms with E-state index in [0.29, 0.717) is 5.13 Å². The predicted molar refractivity (Wildman–Crippen MR) is 107 cm³/mol. The van der Waals surface area contributed by atoms with Gasteiger partial charge in [0, 0.05) is 11.8 Å². The molecule has 0 aliphatic heterocycles. The number of methoxy groups -OCH3 is 1. The maximum absolute atomic E-state index is 12.0. The van der Waals surface area contributed by atoms with Crippen LogP contribution in [-0.4, -0.2) is 23.2 Å². The molecule has 7 heteroatoms. The largest absolute Gasteiger partial charge is 0.497 e. The van der Waals surface area contributed by atoms with Crippen molar-refractivity contribution in [2.24, 2.45) is 0 Å². The number of benzene rings is 2. The number of nitrogens with one attached hydrogen (secondary N) is 1. The molecule has 5 nitrogen and oxygen atoms in total. The van der Waals surface area contributed by atoms with Crippen molar-refractivity contribution in [2.75, 3.05) is 12.4 Å². The minimum atomic E-state index is -0.239. The van der Waals surface area contributed by atoms with Crippen LogP contribution in [0.2, 0.25) is 0 Å². The van der Waals surface area contributed by atoms with Crippen molar-refractivity contribution in [3.05, 3.63) is 71.8 Å². The van der Waals surface area contributed by atoms with Crippen LogP contribution in [0.3, 0.4) is 0 Å². The molecule has 0 aliphatic rings. The predicted octanol–water partition coefficient (Wildman–Crippen LogP) is 4.49. The minimum Gasteiger partial charge on any atom is -0.497 e. The number of thioether (sulfide) groups is 1. The Morgan fingerprint density at radius 3 is 2.65 bits per heavy atom. The molecule has 1 aromatic heterocycles. The van der Waals surface area contributed by atoms with E-state index in [-0.39, 0.29) is 5.91 Å². The van der Waals surface area contributed by atoms with Crippen LogP contribution in [0.4, 0.5) is 5.13 Å². The van der Waals surface area contributed by atoms with Crippen LogP contribution in [0, 0.1) is 0 Å². The summed E-state index contributed by atoms with van der Waals surface area (Å²) in [5.41, 5.74) is 2.14. The van der Waals surface area contributed by atoms with Crippen LogP contribution < -0.4 is 10.1 Å². The standard InChI is InChI=1S/C19H17N3O2S2/c1-24-16-10-7-14(8-11-16)9-12-17(23)20-18-21-22-19(26-18)25-13-15-5-3-2-4-6-15/h2-12H,13H2,1H3,(H,20,21,23)/b12-9+. The lowest BCUT2D eigenvalue weighted by Gasteiger charge is -1.99. The van der Waals surface area contributed by atoms with Crippen LogP contribution in [0.15, 0.2) is 65.0 Å². The molecule has 0 fully saturated rings. The Hall–Kier alpha value is -2.64. The van der Waals surface area contributed by atoms with Gasteiger partial charge in [0.1, 0.15) is 5.75 Å². The van der Waals surface area contributed by atoms with Crippen molar-refractivity contribution in [1.82, 2.24) is 10.2 Å². The molecule has 0 saturated carbocycles. The molecule has 1 N–H and O–H groups in total. The molecule has 0 saturated heterocycles. The van der Waals surface area contributed by atoms with Crippen molar-refractivity contribution in [1.29, 1.82) is 0 Å². The first-order valence-electron chi connectivity index (χ1n) is 7.86. The number of aromatic nitrogens is 2. The summed E-state index contributed by atoms with van der Waals surface area (Å²) in [5, 5.41) is 11.3. The lowest BCUT2D eigenvalue weighted by molar-refractivity contribution is -0.111. The molecule has 26 heavy (non-hydrogen) atoms. The normalized spacial score (nSPS) is 10.8. The fraction of sp³-hybridized carbons (Fsp3) is 0.105. The van der Waals surface area contributed by atoms with Crippen LogP contribution >= 0.6 is 23.1 Å². The Morgan fingerprint density at radius 1 is 1.15 bits per heavy atom. The number of anilines is 1. The number of rotatable bonds is 7. The van der Waals surface area contributed by atoms with Crippen molar-refractivity contribution in [3.8, 4) is 5.75 Å². The molecule has 2 aromatic carbocycles. The first-order chi connectivity index (χ1) is 12.7. The second kappa shape index (κ2) is 9.17. The third kappa shape index (κ3) is 5.44. The van der Waals surface area contributed by atoms with Crippen LogP contribution in [0.25, 0.3) is 6.08 Å². The van der Waals surface area contributed by atoms with Gasteiger partial charge < -0.3 is 4.74 Å². The van der Waals surface area contributed by atoms with Gasteiger partial charge in [0.15, 0.2) is 4.34 Å². The SMILES string of the molecule is COc1ccc(/C=C/C(=O)Nc2nnc(SCc3ccccc3)s2)cc1. The van der Waals surface area contributed by atoms with E-state index in [1.54, 1.807) is 24.9 Å². The number of amides is 1. The summed E-state index contributed by atoms with van der Waals surface area (Å²) >= 11 is 2.96. The van der Waals surface area contributed by atoms with E-state index >= 15 is 0 Å². The van der Waals surface area contributed by atoms with E-state index in [2.05, 4.69) is 27.6 Å². The van der Waals surface area contributed by atoms with E-state index in [1.807, 2.05) is 42.5 Å². The van der Waals surface area contributed by atoms with E-state index in [9.17, 15) is 4.79 Å². The Morgan fingerprint density at radius 2 is 1.92 bits per heavy atom. The average molecular weight is 383 g/mol. The summed E-state index contributed by atoms with van der Waals surface area (Å²) in [6, 6.07) is 17.6. The molecule has 0 aliphatic carbocycles. The first kappa shape index (κ1) is 18.2. The Bertz CT molecular complexity index is 877. The molecule has 0 spiro atoms. The van der Waals surface area contributed by atoms with Gasteiger partial charge in [-0.3, -0.25) is 10.1 Å². The zero-order valence-electron chi connectivity index (χ0n) is 14.1. The quantitative estimate of drug-likeness (QED) is 0.370. The van der Waals surface area contributed by atoms with Crippen LogP contribution in [0.1, 0.15) is 11.1 Å². The van der Waals surface area contributed by atoms with Gasteiger partial charge in [-0.05, 0) is 29.3 Å². The highest BCUT2D eigenvalue weighted by atomic mass is 32.2. The second-order valence-electron chi connectivity index (χ2n) is 5.24. The molecule has 1 heterocycles. The number of nitrogens with zero attached hydrogens (tertiary/aromatic N) is 2. The molecule has 3 rings (SSSR count). The fourth-order valence-corrected chi connectivity index (χ4v) is 3.78. The fourth-order valence-electron chi connectivity index (χ4n) is 2.07. The third-order valence-electron chi connectivity index (χ3n) is 3.38. The van der Waals surface area contributed by atoms with E-state index in [4.69, 9.17) is 4.74 Å². The first-order valence-corrected chi connectivity index (χ1v) is 9.66. The van der Waals surface area contributed by atoms with Gasteiger partial charge in [0.2, 0.25) is 11.0 Å². The number of carbonyl (C=O) groups is 1. The Kier molecular flexibility index (Phi) is 6.40. The van der Waals surface area contributed by atoms with E-state index in [1.165, 1.54) is 23.0 Å². The Balaban J connectivity index is 1.51. The second-order valence-corrected chi connectivity index (χ2v) is 7.44. The van der Waals surface area contributed by atoms with Crippen LogP contribution in [-0.2, 0) is 10.5 Å². The third-order valence-corrected chi connectivity index (χ3v) is 5.43. The Labute approximate surface area is 160 Å². The van der Waals surface area contributed by atoms with Gasteiger partial charge >= 0.3 is 0 Å². The van der Waals surface area contributed by atoms with Crippen LogP contribution in [0.5, 0.6) is 5.75 Å². The van der Waals surface area contributed by atoms with E-state index in [0.717, 1.165) is 21.4 Å². The van der Waals surface area contributed by atoms with Crippen molar-refractivity contribution in [3.63, 3.8) is 0 Å². The molecule has 0 bridgehead atoms. The molecule has 1 amide bonds. The molecule has 0 atom stereocenters. The number of ether oxygens (including phenoxy) is 1. The summed E-state index contributed by atoms with van der Waals surface area (Å²) in [4.78, 5) is 12.0. The van der Waals surface area contributed by atoms with E-state index < -0.39 is 0 Å². The zero-order chi connectivity index (χ0) is 18.2. The molecule has 0 radical (unpaired) electrons. The van der Waals surface area contributed by atoms with Gasteiger partial charge in [0.05, 0.1) is 7.11 Å². The highest BCUT2D eigenvalue weighted by molar-refractivity contribution is 8.00. The molecular weight excluding hydrogens is 366 g/mol. The van der Waals surface area contributed by atoms with Gasteiger partial charge in [-0.15, -0.1) is 10.2 Å². The van der Waals surface area contributed by atoms with Gasteiger partial charge in [0.25, 0.3) is 0 Å². The summed E-state index contributed by atoms with van der Waals surface area (Å²) < 4.78 is 5.93. The zero-order valence-corrected chi connectivity index (χ0v) is 15.7. The maximum Gasteiger partial charge on any atom is 0.250 e. The van der Waals surface area contributed by atoms with Crippen molar-refractivity contribution in [2.45, 2.75) is 10.1 Å². The van der Waals surface area contributed by atoms with Gasteiger partial charge in [-0.25, -0.2) is 0 Å². The smallest absolute Gasteiger partial charge is 0.250 e. The number of carbonyl (C=O) groups excluding carboxylic acids is 1. The molecular formula is C19H17N3O2S2. The minimum absolute atomic E-state index is 0.239.